The van der Waals surface area contributed by atoms with Crippen LogP contribution in [0.2, 0.25) is 0 Å². The smallest absolute Gasteiger partial charge is 0.100 e. The summed E-state index contributed by atoms with van der Waals surface area (Å²) in [6.45, 7) is 1.86. The van der Waals surface area contributed by atoms with Crippen LogP contribution in [0.4, 0.5) is 0 Å². The molecule has 0 aromatic heterocycles. The van der Waals surface area contributed by atoms with E-state index < -0.39 is 0 Å². The van der Waals surface area contributed by atoms with Crippen LogP contribution in [-0.4, -0.2) is 0 Å². The Bertz CT molecular complexity index is 643. The molecule has 2 rings (SSSR count). The first kappa shape index (κ1) is 10.9. The lowest BCUT2D eigenvalue weighted by molar-refractivity contribution is 1.38. The van der Waals surface area contributed by atoms with Crippen LogP contribution in [-0.2, 0) is 0 Å². The van der Waals surface area contributed by atoms with E-state index in [2.05, 4.69) is 18.2 Å². The van der Waals surface area contributed by atoms with Crippen molar-refractivity contribution in [2.45, 2.75) is 6.92 Å². The summed E-state index contributed by atoms with van der Waals surface area (Å²) in [4.78, 5) is 0. The molecular weight excluding hydrogens is 208 g/mol. The van der Waals surface area contributed by atoms with Gasteiger partial charge in [-0.25, -0.2) is 0 Å². The Hall–Kier alpha value is -2.58. The molecule has 0 aliphatic heterocycles. The van der Waals surface area contributed by atoms with E-state index in [4.69, 9.17) is 10.5 Å². The number of aryl methyl sites for hydroxylation is 1. The average Bonchev–Trinajstić information content (AvgIpc) is 2.38. The first-order valence-corrected chi connectivity index (χ1v) is 5.18. The number of hydrogen-bond acceptors (Lipinski definition) is 2. The third-order valence-electron chi connectivity index (χ3n) is 2.61. The summed E-state index contributed by atoms with van der Waals surface area (Å²) < 4.78 is 0. The van der Waals surface area contributed by atoms with Gasteiger partial charge in [0.1, 0.15) is 6.07 Å². The second-order valence-corrected chi connectivity index (χ2v) is 3.70. The minimum Gasteiger partial charge on any atom is -0.192 e. The van der Waals surface area contributed by atoms with E-state index in [1.54, 1.807) is 18.2 Å². The van der Waals surface area contributed by atoms with Crippen LogP contribution in [0.5, 0.6) is 0 Å². The van der Waals surface area contributed by atoms with Gasteiger partial charge in [0, 0.05) is 0 Å². The molecule has 0 bridgehead atoms. The standard InChI is InChI=1S/C15H9N2/c1-11-4-2-7-14(15(11)10-17)13-6-3-5-12(8-13)9-16/h2-3,5-8H,1H3. The molecule has 79 valence electrons. The second kappa shape index (κ2) is 4.51. The van der Waals surface area contributed by atoms with Crippen LogP contribution >= 0.6 is 0 Å². The molecule has 0 unspecified atom stereocenters. The molecule has 0 heterocycles. The molecule has 2 aromatic carbocycles. The Morgan fingerprint density at radius 1 is 1.12 bits per heavy atom. The molecule has 0 fully saturated rings. The molecular formula is C15H9N2. The van der Waals surface area contributed by atoms with Crippen molar-refractivity contribution in [1.29, 1.82) is 10.5 Å². The maximum absolute atomic E-state index is 9.15. The van der Waals surface area contributed by atoms with Gasteiger partial charge in [-0.1, -0.05) is 24.3 Å². The highest BCUT2D eigenvalue weighted by Gasteiger charge is 2.07. The van der Waals surface area contributed by atoms with Crippen LogP contribution in [0.1, 0.15) is 16.7 Å². The summed E-state index contributed by atoms with van der Waals surface area (Å²) in [5.41, 5.74) is 3.77. The highest BCUT2D eigenvalue weighted by Crippen LogP contribution is 2.25. The number of rotatable bonds is 1. The Labute approximate surface area is 100 Å². The Morgan fingerprint density at radius 2 is 1.94 bits per heavy atom. The molecule has 0 amide bonds. The maximum atomic E-state index is 9.15. The van der Waals surface area contributed by atoms with Crippen LogP contribution in [0.3, 0.4) is 0 Å². The fourth-order valence-electron chi connectivity index (χ4n) is 1.75. The van der Waals surface area contributed by atoms with Gasteiger partial charge in [-0.2, -0.15) is 10.5 Å². The fourth-order valence-corrected chi connectivity index (χ4v) is 1.75. The fraction of sp³-hybridized carbons (Fsp3) is 0.0667. The Kier molecular flexibility index (Phi) is 2.90. The zero-order chi connectivity index (χ0) is 12.3. The van der Waals surface area contributed by atoms with Crippen molar-refractivity contribution in [1.82, 2.24) is 0 Å². The van der Waals surface area contributed by atoms with E-state index in [1.807, 2.05) is 25.1 Å². The van der Waals surface area contributed by atoms with Crippen molar-refractivity contribution < 1.29 is 0 Å². The number of nitriles is 2. The molecule has 0 aliphatic rings. The molecule has 0 saturated heterocycles. The highest BCUT2D eigenvalue weighted by molar-refractivity contribution is 5.72. The van der Waals surface area contributed by atoms with Crippen LogP contribution < -0.4 is 0 Å². The van der Waals surface area contributed by atoms with Crippen molar-refractivity contribution >= 4 is 0 Å². The predicted octanol–water partition coefficient (Wildman–Crippen LogP) is 3.21. The van der Waals surface area contributed by atoms with Crippen LogP contribution in [0.15, 0.2) is 36.4 Å². The van der Waals surface area contributed by atoms with Crippen LogP contribution in [0, 0.1) is 35.7 Å². The molecule has 17 heavy (non-hydrogen) atoms. The van der Waals surface area contributed by atoms with Crippen molar-refractivity contribution in [2.24, 2.45) is 0 Å². The number of nitrogens with zero attached hydrogens (tertiary/aromatic N) is 2. The Morgan fingerprint density at radius 3 is 2.65 bits per heavy atom. The lowest BCUT2D eigenvalue weighted by Crippen LogP contribution is -1.89. The van der Waals surface area contributed by atoms with Crippen molar-refractivity contribution in [3.8, 4) is 23.3 Å². The van der Waals surface area contributed by atoms with Gasteiger partial charge < -0.3 is 0 Å². The van der Waals surface area contributed by atoms with Gasteiger partial charge in [0.05, 0.1) is 17.2 Å². The third kappa shape index (κ3) is 2.02. The molecule has 2 heteroatoms. The minimum absolute atomic E-state index is 0.594. The van der Waals surface area contributed by atoms with E-state index in [9.17, 15) is 0 Å². The van der Waals surface area contributed by atoms with E-state index in [0.29, 0.717) is 11.1 Å². The molecule has 0 N–H and O–H groups in total. The van der Waals surface area contributed by atoms with Crippen molar-refractivity contribution in [3.63, 3.8) is 0 Å². The second-order valence-electron chi connectivity index (χ2n) is 3.70. The summed E-state index contributed by atoms with van der Waals surface area (Å²) >= 11 is 0. The van der Waals surface area contributed by atoms with Gasteiger partial charge in [0.15, 0.2) is 0 Å². The van der Waals surface area contributed by atoms with Crippen LogP contribution in [0.25, 0.3) is 11.1 Å². The minimum atomic E-state index is 0.594. The normalized spacial score (nSPS) is 9.35. The SMILES string of the molecule is Cc1[c]ccc(-c2cccc(C#N)c2)c1C#N. The van der Waals surface area contributed by atoms with Crippen molar-refractivity contribution in [3.05, 3.63) is 59.2 Å². The zero-order valence-corrected chi connectivity index (χ0v) is 9.36. The zero-order valence-electron chi connectivity index (χ0n) is 9.36. The van der Waals surface area contributed by atoms with Gasteiger partial charge in [-0.3, -0.25) is 0 Å². The molecule has 2 nitrogen and oxygen atoms in total. The number of hydrogen-bond donors (Lipinski definition) is 0. The van der Waals surface area contributed by atoms with Crippen molar-refractivity contribution in [2.75, 3.05) is 0 Å². The van der Waals surface area contributed by atoms with E-state index in [0.717, 1.165) is 16.7 Å². The molecule has 2 aromatic rings. The highest BCUT2D eigenvalue weighted by atomic mass is 14.3. The predicted molar refractivity (Wildman–Crippen MR) is 64.9 cm³/mol. The molecule has 0 spiro atoms. The van der Waals surface area contributed by atoms with Gasteiger partial charge >= 0.3 is 0 Å². The summed E-state index contributed by atoms with van der Waals surface area (Å²) in [7, 11) is 0. The molecule has 0 aliphatic carbocycles. The lowest BCUT2D eigenvalue weighted by Gasteiger charge is -2.06. The Balaban J connectivity index is 2.66. The van der Waals surface area contributed by atoms with E-state index in [-0.39, 0.29) is 0 Å². The summed E-state index contributed by atoms with van der Waals surface area (Å²) in [5.74, 6) is 0. The quantitative estimate of drug-likeness (QED) is 0.736. The number of benzene rings is 2. The third-order valence-corrected chi connectivity index (χ3v) is 2.61. The summed E-state index contributed by atoms with van der Waals surface area (Å²) in [5, 5.41) is 18.0. The summed E-state index contributed by atoms with van der Waals surface area (Å²) in [6.07, 6.45) is 0. The average molecular weight is 217 g/mol. The first-order chi connectivity index (χ1) is 8.26. The largest absolute Gasteiger partial charge is 0.192 e. The van der Waals surface area contributed by atoms with Gasteiger partial charge in [0.25, 0.3) is 0 Å². The lowest BCUT2D eigenvalue weighted by atomic mass is 9.96. The maximum Gasteiger partial charge on any atom is 0.100 e. The van der Waals surface area contributed by atoms with E-state index in [1.165, 1.54) is 0 Å². The van der Waals surface area contributed by atoms with E-state index >= 15 is 0 Å². The van der Waals surface area contributed by atoms with Gasteiger partial charge in [0.2, 0.25) is 0 Å². The first-order valence-electron chi connectivity index (χ1n) is 5.18. The van der Waals surface area contributed by atoms with Gasteiger partial charge in [-0.05, 0) is 41.8 Å². The van der Waals surface area contributed by atoms with Gasteiger partial charge in [-0.15, -0.1) is 0 Å². The summed E-state index contributed by atoms with van der Waals surface area (Å²) in [6, 6.07) is 18.2. The molecule has 1 radical (unpaired) electrons. The monoisotopic (exact) mass is 217 g/mol. The molecule has 0 saturated carbocycles. The topological polar surface area (TPSA) is 47.6 Å². The molecule has 0 atom stereocenters.